The van der Waals surface area contributed by atoms with Crippen molar-refractivity contribution in [3.8, 4) is 5.75 Å². The number of nitrogens with two attached hydrogens (primary N) is 1. The lowest BCUT2D eigenvalue weighted by Gasteiger charge is -2.40. The number of rotatable bonds is 7. The number of imidazole rings is 1. The van der Waals surface area contributed by atoms with Gasteiger partial charge in [0.1, 0.15) is 24.2 Å². The molecule has 2 amide bonds. The van der Waals surface area contributed by atoms with E-state index in [1.165, 1.54) is 6.33 Å². The molecule has 5 rings (SSSR count). The Kier molecular flexibility index (Phi) is 6.73. The van der Waals surface area contributed by atoms with E-state index >= 15 is 0 Å². The summed E-state index contributed by atoms with van der Waals surface area (Å²) in [4.78, 5) is 41.0. The van der Waals surface area contributed by atoms with Crippen molar-refractivity contribution in [1.82, 2.24) is 29.3 Å². The Labute approximate surface area is 208 Å². The summed E-state index contributed by atoms with van der Waals surface area (Å²) in [5.41, 5.74) is 7.51. The summed E-state index contributed by atoms with van der Waals surface area (Å²) < 4.78 is 7.59. The van der Waals surface area contributed by atoms with Crippen molar-refractivity contribution in [3.63, 3.8) is 0 Å². The molecule has 2 fully saturated rings. The minimum Gasteiger partial charge on any atom is -0.492 e. The molecule has 1 saturated carbocycles. The molecule has 0 spiro atoms. The molecule has 3 aromatic rings. The van der Waals surface area contributed by atoms with Crippen LogP contribution in [0.4, 0.5) is 5.82 Å². The number of amides is 2. The van der Waals surface area contributed by atoms with Crippen molar-refractivity contribution in [2.24, 2.45) is 0 Å². The van der Waals surface area contributed by atoms with Crippen LogP contribution >= 0.6 is 0 Å². The normalized spacial score (nSPS) is 22.2. The highest BCUT2D eigenvalue weighted by molar-refractivity contribution is 5.94. The number of carbonyl (C=O) groups excluding carboxylic acids is 2. The van der Waals surface area contributed by atoms with E-state index in [-0.39, 0.29) is 23.9 Å². The number of carbonyl (C=O) groups is 2. The smallest absolute Gasteiger partial charge is 0.253 e. The van der Waals surface area contributed by atoms with Gasteiger partial charge >= 0.3 is 0 Å². The first-order valence-corrected chi connectivity index (χ1v) is 12.3. The van der Waals surface area contributed by atoms with Crippen LogP contribution in [0.5, 0.6) is 5.75 Å². The molecule has 2 aromatic heterocycles. The maximum absolute atomic E-state index is 13.2. The fraction of sp³-hybridized carbons (Fsp3) is 0.480. The molecule has 3 heterocycles. The van der Waals surface area contributed by atoms with Crippen LogP contribution in [0.25, 0.3) is 11.2 Å². The maximum atomic E-state index is 13.2. The maximum Gasteiger partial charge on any atom is 0.253 e. The van der Waals surface area contributed by atoms with Crippen LogP contribution in [0, 0.1) is 0 Å². The van der Waals surface area contributed by atoms with E-state index in [2.05, 4.69) is 15.0 Å². The van der Waals surface area contributed by atoms with Gasteiger partial charge in [-0.25, -0.2) is 15.0 Å². The molecule has 0 bridgehead atoms. The highest BCUT2D eigenvalue weighted by Crippen LogP contribution is 2.34. The van der Waals surface area contributed by atoms with Gasteiger partial charge in [-0.2, -0.15) is 0 Å². The monoisotopic (exact) mass is 493 g/mol. The minimum atomic E-state index is -0.794. The summed E-state index contributed by atoms with van der Waals surface area (Å²) in [5.74, 6) is 0.945. The van der Waals surface area contributed by atoms with E-state index < -0.39 is 6.10 Å². The summed E-state index contributed by atoms with van der Waals surface area (Å²) >= 11 is 0. The number of anilines is 1. The number of aliphatic hydroxyl groups is 1. The molecule has 3 atom stereocenters. The first kappa shape index (κ1) is 24.0. The standard InChI is InChI=1S/C25H31N7O4/c1-30(25(35)16-7-9-17(10-8-16)36-13-12-31-11-3-6-20(31)33)18-4-2-5-19(22(18)34)32-15-29-21-23(26)27-14-28-24(21)32/h7-10,14-15,18-19,22,34H,2-6,11-13H2,1H3,(H2,26,27,28)/t18-,19-,22-/m1/s1. The molecule has 0 unspecified atom stereocenters. The molecular formula is C25H31N7O4. The molecule has 1 saturated heterocycles. The molecule has 36 heavy (non-hydrogen) atoms. The number of fused-ring (bicyclic) bond motifs is 1. The van der Waals surface area contributed by atoms with E-state index in [1.807, 2.05) is 9.47 Å². The number of nitrogen functional groups attached to an aromatic ring is 1. The molecule has 11 nitrogen and oxygen atoms in total. The second kappa shape index (κ2) is 10.1. The van der Waals surface area contributed by atoms with Gasteiger partial charge in [0.25, 0.3) is 5.91 Å². The second-order valence-corrected chi connectivity index (χ2v) is 9.41. The van der Waals surface area contributed by atoms with Crippen molar-refractivity contribution in [3.05, 3.63) is 42.5 Å². The van der Waals surface area contributed by atoms with Gasteiger partial charge in [-0.1, -0.05) is 0 Å². The highest BCUT2D eigenvalue weighted by Gasteiger charge is 2.38. The van der Waals surface area contributed by atoms with Gasteiger partial charge in [0.2, 0.25) is 5.91 Å². The van der Waals surface area contributed by atoms with Crippen LogP contribution < -0.4 is 10.5 Å². The third-order valence-corrected chi connectivity index (χ3v) is 7.25. The third kappa shape index (κ3) is 4.58. The van der Waals surface area contributed by atoms with E-state index in [9.17, 15) is 14.7 Å². The van der Waals surface area contributed by atoms with E-state index in [0.29, 0.717) is 54.3 Å². The number of benzene rings is 1. The highest BCUT2D eigenvalue weighted by atomic mass is 16.5. The zero-order valence-electron chi connectivity index (χ0n) is 20.3. The van der Waals surface area contributed by atoms with Gasteiger partial charge in [-0.15, -0.1) is 0 Å². The molecule has 190 valence electrons. The zero-order valence-corrected chi connectivity index (χ0v) is 20.3. The SMILES string of the molecule is CN(C(=O)c1ccc(OCCN2CCCC2=O)cc1)[C@@H]1CCC[C@@H](n2cnc3c(N)ncnc32)[C@@H]1O. The number of likely N-dealkylation sites (N-methyl/N-ethyl adjacent to an activating group) is 1. The van der Waals surface area contributed by atoms with Crippen molar-refractivity contribution in [2.75, 3.05) is 32.5 Å². The molecule has 3 N–H and O–H groups in total. The van der Waals surface area contributed by atoms with Gasteiger partial charge in [-0.3, -0.25) is 9.59 Å². The summed E-state index contributed by atoms with van der Waals surface area (Å²) in [6.45, 7) is 1.76. The average molecular weight is 494 g/mol. The van der Waals surface area contributed by atoms with E-state index in [4.69, 9.17) is 10.5 Å². The lowest BCUT2D eigenvalue weighted by atomic mass is 9.86. The summed E-state index contributed by atoms with van der Waals surface area (Å²) in [7, 11) is 1.72. The lowest BCUT2D eigenvalue weighted by Crippen LogP contribution is -2.50. The number of nitrogens with zero attached hydrogens (tertiary/aromatic N) is 6. The second-order valence-electron chi connectivity index (χ2n) is 9.41. The fourth-order valence-electron chi connectivity index (χ4n) is 5.24. The van der Waals surface area contributed by atoms with Gasteiger partial charge < -0.3 is 29.9 Å². The van der Waals surface area contributed by atoms with E-state index in [0.717, 1.165) is 25.8 Å². The Morgan fingerprint density at radius 3 is 2.75 bits per heavy atom. The first-order valence-electron chi connectivity index (χ1n) is 12.3. The van der Waals surface area contributed by atoms with Crippen LogP contribution in [0.15, 0.2) is 36.9 Å². The Morgan fingerprint density at radius 1 is 1.19 bits per heavy atom. The van der Waals surface area contributed by atoms with Gasteiger partial charge in [0.05, 0.1) is 31.1 Å². The summed E-state index contributed by atoms with van der Waals surface area (Å²) in [6, 6.07) is 6.33. The quantitative estimate of drug-likeness (QED) is 0.506. The van der Waals surface area contributed by atoms with Crippen molar-refractivity contribution < 1.29 is 19.4 Å². The van der Waals surface area contributed by atoms with Crippen molar-refractivity contribution in [1.29, 1.82) is 0 Å². The largest absolute Gasteiger partial charge is 0.492 e. The topological polar surface area (TPSA) is 140 Å². The van der Waals surface area contributed by atoms with Crippen molar-refractivity contribution >= 4 is 28.8 Å². The van der Waals surface area contributed by atoms with Crippen LogP contribution in [0.2, 0.25) is 0 Å². The molecule has 2 aliphatic rings. The molecule has 1 aliphatic carbocycles. The predicted octanol–water partition coefficient (Wildman–Crippen LogP) is 1.64. The molecular weight excluding hydrogens is 462 g/mol. The Balaban J connectivity index is 1.23. The van der Waals surface area contributed by atoms with Gasteiger partial charge in [0.15, 0.2) is 11.5 Å². The lowest BCUT2D eigenvalue weighted by molar-refractivity contribution is -0.128. The number of ether oxygens (including phenoxy) is 1. The Hall–Kier alpha value is -3.73. The third-order valence-electron chi connectivity index (χ3n) is 7.25. The van der Waals surface area contributed by atoms with Crippen LogP contribution in [-0.4, -0.2) is 85.1 Å². The van der Waals surface area contributed by atoms with Crippen molar-refractivity contribution in [2.45, 2.75) is 50.3 Å². The molecule has 1 aliphatic heterocycles. The van der Waals surface area contributed by atoms with E-state index in [1.54, 1.807) is 42.5 Å². The van der Waals surface area contributed by atoms with Crippen LogP contribution in [-0.2, 0) is 4.79 Å². The van der Waals surface area contributed by atoms with Crippen LogP contribution in [0.1, 0.15) is 48.5 Å². The zero-order chi connectivity index (χ0) is 25.2. The minimum absolute atomic E-state index is 0.170. The first-order chi connectivity index (χ1) is 17.4. The number of hydrogen-bond donors (Lipinski definition) is 2. The fourth-order valence-corrected chi connectivity index (χ4v) is 5.24. The molecule has 0 radical (unpaired) electrons. The Morgan fingerprint density at radius 2 is 2.00 bits per heavy atom. The van der Waals surface area contributed by atoms with Gasteiger partial charge in [0, 0.05) is 25.6 Å². The number of aliphatic hydroxyl groups excluding tert-OH is 1. The molecule has 1 aromatic carbocycles. The molecule has 11 heteroatoms. The van der Waals surface area contributed by atoms with Gasteiger partial charge in [-0.05, 0) is 49.9 Å². The number of likely N-dealkylation sites (tertiary alicyclic amines) is 1. The Bertz CT molecular complexity index is 1240. The number of hydrogen-bond acceptors (Lipinski definition) is 8. The predicted molar refractivity (Wildman–Crippen MR) is 132 cm³/mol. The summed E-state index contributed by atoms with van der Waals surface area (Å²) in [6.07, 6.45) is 6.02. The average Bonchev–Trinajstić information content (AvgIpc) is 3.51. The van der Waals surface area contributed by atoms with Crippen LogP contribution in [0.3, 0.4) is 0 Å². The summed E-state index contributed by atoms with van der Waals surface area (Å²) in [5, 5.41) is 11.3. The number of aromatic nitrogens is 4.